The van der Waals surface area contributed by atoms with Crippen molar-refractivity contribution in [3.8, 4) is 0 Å². The fourth-order valence-electron chi connectivity index (χ4n) is 1.07. The highest BCUT2D eigenvalue weighted by Crippen LogP contribution is 2.30. The predicted molar refractivity (Wildman–Crippen MR) is 65.5 cm³/mol. The van der Waals surface area contributed by atoms with Gasteiger partial charge in [-0.05, 0) is 33.8 Å². The molecule has 0 aliphatic heterocycles. The van der Waals surface area contributed by atoms with Gasteiger partial charge in [0.05, 0.1) is 15.8 Å². The molecule has 0 saturated heterocycles. The lowest BCUT2D eigenvalue weighted by Gasteiger charge is -2.11. The second-order valence-corrected chi connectivity index (χ2v) is 5.09. The highest BCUT2D eigenvalue weighted by Gasteiger charge is 2.27. The number of anilines is 2. The van der Waals surface area contributed by atoms with Crippen molar-refractivity contribution in [2.45, 2.75) is 5.51 Å². The van der Waals surface area contributed by atoms with Crippen LogP contribution >= 0.6 is 27.7 Å². The molecule has 0 heterocycles. The van der Waals surface area contributed by atoms with Crippen LogP contribution in [0.1, 0.15) is 0 Å². The Labute approximate surface area is 108 Å². The van der Waals surface area contributed by atoms with Gasteiger partial charge in [0.2, 0.25) is 0 Å². The van der Waals surface area contributed by atoms with Crippen LogP contribution in [0, 0.1) is 5.82 Å². The van der Waals surface area contributed by atoms with Crippen molar-refractivity contribution >= 4 is 39.1 Å². The van der Waals surface area contributed by atoms with Crippen LogP contribution in [-0.2, 0) is 0 Å². The Balaban J connectivity index is 2.50. The summed E-state index contributed by atoms with van der Waals surface area (Å²) in [7, 11) is 0. The second-order valence-electron chi connectivity index (χ2n) is 3.07. The molecule has 17 heavy (non-hydrogen) atoms. The van der Waals surface area contributed by atoms with Crippen LogP contribution < -0.4 is 11.1 Å². The van der Waals surface area contributed by atoms with Gasteiger partial charge in [0.15, 0.2) is 0 Å². The molecule has 2 nitrogen and oxygen atoms in total. The third-order valence-electron chi connectivity index (χ3n) is 1.78. The summed E-state index contributed by atoms with van der Waals surface area (Å²) < 4.78 is 48.7. The molecular formula is C9H9BrF4N2S. The van der Waals surface area contributed by atoms with E-state index in [1.807, 2.05) is 0 Å². The van der Waals surface area contributed by atoms with Crippen LogP contribution in [0.15, 0.2) is 16.6 Å². The van der Waals surface area contributed by atoms with Crippen molar-refractivity contribution < 1.29 is 17.6 Å². The van der Waals surface area contributed by atoms with Crippen molar-refractivity contribution in [1.29, 1.82) is 0 Å². The molecule has 3 N–H and O–H groups in total. The summed E-state index contributed by atoms with van der Waals surface area (Å²) in [6.45, 7) is 0.0897. The maximum absolute atomic E-state index is 13.0. The molecule has 0 fully saturated rings. The number of benzene rings is 1. The summed E-state index contributed by atoms with van der Waals surface area (Å²) in [5.74, 6) is -0.657. The third-order valence-corrected chi connectivity index (χ3v) is 3.12. The molecule has 1 aromatic rings. The van der Waals surface area contributed by atoms with E-state index in [1.165, 1.54) is 6.07 Å². The van der Waals surface area contributed by atoms with Crippen molar-refractivity contribution in [3.63, 3.8) is 0 Å². The molecule has 0 saturated carbocycles. The van der Waals surface area contributed by atoms with Crippen LogP contribution in [0.3, 0.4) is 0 Å². The zero-order valence-electron chi connectivity index (χ0n) is 8.44. The minimum atomic E-state index is -4.24. The first-order valence-electron chi connectivity index (χ1n) is 4.48. The van der Waals surface area contributed by atoms with Gasteiger partial charge < -0.3 is 11.1 Å². The van der Waals surface area contributed by atoms with E-state index < -0.39 is 11.3 Å². The monoisotopic (exact) mass is 332 g/mol. The van der Waals surface area contributed by atoms with Crippen molar-refractivity contribution in [1.82, 2.24) is 0 Å². The molecule has 0 radical (unpaired) electrons. The van der Waals surface area contributed by atoms with Gasteiger partial charge >= 0.3 is 5.51 Å². The van der Waals surface area contributed by atoms with E-state index in [4.69, 9.17) is 5.73 Å². The van der Waals surface area contributed by atoms with Crippen LogP contribution in [0.5, 0.6) is 0 Å². The fraction of sp³-hybridized carbons (Fsp3) is 0.333. The molecule has 8 heteroatoms. The van der Waals surface area contributed by atoms with Gasteiger partial charge in [-0.1, -0.05) is 0 Å². The van der Waals surface area contributed by atoms with E-state index >= 15 is 0 Å². The lowest BCUT2D eigenvalue weighted by molar-refractivity contribution is -0.0327. The highest BCUT2D eigenvalue weighted by molar-refractivity contribution is 9.10. The van der Waals surface area contributed by atoms with E-state index in [9.17, 15) is 17.6 Å². The van der Waals surface area contributed by atoms with E-state index in [1.54, 1.807) is 0 Å². The Hall–Kier alpha value is -0.630. The summed E-state index contributed by atoms with van der Waals surface area (Å²) in [6.07, 6.45) is 0. The summed E-state index contributed by atoms with van der Waals surface area (Å²) in [5, 5.41) is 2.71. The van der Waals surface area contributed by atoms with Crippen LogP contribution in [0.4, 0.5) is 28.9 Å². The number of halogens is 5. The highest BCUT2D eigenvalue weighted by atomic mass is 79.9. The number of nitrogens with two attached hydrogens (primary N) is 1. The molecule has 0 unspecified atom stereocenters. The number of thioether (sulfide) groups is 1. The van der Waals surface area contributed by atoms with E-state index in [0.29, 0.717) is 5.69 Å². The first-order valence-corrected chi connectivity index (χ1v) is 6.26. The van der Waals surface area contributed by atoms with Crippen molar-refractivity contribution in [3.05, 3.63) is 22.4 Å². The quantitative estimate of drug-likeness (QED) is 0.500. The van der Waals surface area contributed by atoms with Gasteiger partial charge in [0.25, 0.3) is 0 Å². The molecule has 0 spiro atoms. The molecule has 0 aromatic heterocycles. The average Bonchev–Trinajstić information content (AvgIpc) is 2.18. The standard InChI is InChI=1S/C9H9BrF4N2S/c10-5-3-8(7(15)4-6(5)11)16-1-2-17-9(12,13)14/h3-4,16H,1-2,15H2. The molecule has 96 valence electrons. The average molecular weight is 333 g/mol. The lowest BCUT2D eigenvalue weighted by Crippen LogP contribution is -2.10. The SMILES string of the molecule is Nc1cc(F)c(Br)cc1NCCSC(F)(F)F. The lowest BCUT2D eigenvalue weighted by atomic mass is 10.2. The van der Waals surface area contributed by atoms with Gasteiger partial charge in [-0.15, -0.1) is 0 Å². The molecule has 0 bridgehead atoms. The Bertz CT molecular complexity index is 397. The molecule has 1 rings (SSSR count). The number of nitrogen functional groups attached to an aromatic ring is 1. The molecule has 0 aliphatic carbocycles. The maximum atomic E-state index is 13.0. The molecular weight excluding hydrogens is 324 g/mol. The number of nitrogens with one attached hydrogen (secondary N) is 1. The zero-order chi connectivity index (χ0) is 13.1. The summed E-state index contributed by atoms with van der Waals surface area (Å²) in [5.41, 5.74) is 1.83. The maximum Gasteiger partial charge on any atom is 0.441 e. The van der Waals surface area contributed by atoms with Gasteiger partial charge in [-0.2, -0.15) is 13.2 Å². The molecule has 0 aliphatic rings. The Kier molecular flexibility index (Phi) is 4.93. The summed E-state index contributed by atoms with van der Waals surface area (Å²) in [6, 6.07) is 2.49. The number of hydrogen-bond donors (Lipinski definition) is 2. The first kappa shape index (κ1) is 14.4. The summed E-state index contributed by atoms with van der Waals surface area (Å²) >= 11 is 2.84. The fourth-order valence-corrected chi connectivity index (χ4v) is 1.85. The van der Waals surface area contributed by atoms with Gasteiger partial charge in [-0.3, -0.25) is 0 Å². The van der Waals surface area contributed by atoms with Crippen LogP contribution in [0.2, 0.25) is 0 Å². The van der Waals surface area contributed by atoms with E-state index in [2.05, 4.69) is 21.2 Å². The van der Waals surface area contributed by atoms with Gasteiger partial charge in [0, 0.05) is 18.4 Å². The normalized spacial score (nSPS) is 11.6. The van der Waals surface area contributed by atoms with Gasteiger partial charge in [-0.25, -0.2) is 4.39 Å². The molecule has 0 amide bonds. The smallest absolute Gasteiger partial charge is 0.397 e. The second kappa shape index (κ2) is 5.81. The minimum absolute atomic E-state index is 0.0897. The number of hydrogen-bond acceptors (Lipinski definition) is 3. The number of rotatable bonds is 4. The topological polar surface area (TPSA) is 38.0 Å². The van der Waals surface area contributed by atoms with Crippen molar-refractivity contribution in [2.75, 3.05) is 23.3 Å². The Morgan fingerprint density at radius 2 is 2.00 bits per heavy atom. The van der Waals surface area contributed by atoms with Gasteiger partial charge in [0.1, 0.15) is 5.82 Å². The van der Waals surface area contributed by atoms with Crippen LogP contribution in [-0.4, -0.2) is 17.8 Å². The van der Waals surface area contributed by atoms with E-state index in [-0.39, 0.29) is 34.2 Å². The Morgan fingerprint density at radius 1 is 1.35 bits per heavy atom. The minimum Gasteiger partial charge on any atom is -0.397 e. The summed E-state index contributed by atoms with van der Waals surface area (Å²) in [4.78, 5) is 0. The van der Waals surface area contributed by atoms with Crippen molar-refractivity contribution in [2.24, 2.45) is 0 Å². The largest absolute Gasteiger partial charge is 0.441 e. The Morgan fingerprint density at radius 3 is 2.59 bits per heavy atom. The zero-order valence-corrected chi connectivity index (χ0v) is 10.8. The first-order chi connectivity index (χ1) is 7.79. The molecule has 1 aromatic carbocycles. The number of alkyl halides is 3. The van der Waals surface area contributed by atoms with E-state index in [0.717, 1.165) is 6.07 Å². The molecule has 0 atom stereocenters. The predicted octanol–water partition coefficient (Wildman–Crippen LogP) is 3.84. The van der Waals surface area contributed by atoms with Crippen LogP contribution in [0.25, 0.3) is 0 Å². The third kappa shape index (κ3) is 5.03.